The SMILES string of the molecule is Cc1cc(/C=N/CC/N=C/c2cc(C(C)(C)C)cc(C(C)(C)C)c2O)c(O)c(C(C)(C)C)c1. The molecule has 2 N–H and O–H groups in total. The molecule has 0 aliphatic carbocycles. The predicted molar refractivity (Wildman–Crippen MR) is 142 cm³/mol. The fourth-order valence-corrected chi connectivity index (χ4v) is 3.68. The zero-order valence-corrected chi connectivity index (χ0v) is 22.2. The van der Waals surface area contributed by atoms with Crippen LogP contribution in [0.5, 0.6) is 11.5 Å². The maximum atomic E-state index is 10.9. The van der Waals surface area contributed by atoms with Crippen LogP contribution < -0.4 is 0 Å². The Morgan fingerprint density at radius 3 is 1.48 bits per heavy atom. The first-order valence-corrected chi connectivity index (χ1v) is 11.7. The quantitative estimate of drug-likeness (QED) is 0.387. The highest BCUT2D eigenvalue weighted by atomic mass is 16.3. The maximum Gasteiger partial charge on any atom is 0.128 e. The standard InChI is InChI=1S/C29H42N2O2/c1-19-13-20(25(32)23(14-19)28(5,6)7)17-30-11-12-31-18-21-15-22(27(2,3)4)16-24(26(21)33)29(8,9)10/h13-18,32-33H,11-12H2,1-10H3/b30-17+,31-18+. The van der Waals surface area contributed by atoms with E-state index >= 15 is 0 Å². The molecule has 0 unspecified atom stereocenters. The highest BCUT2D eigenvalue weighted by Crippen LogP contribution is 2.37. The van der Waals surface area contributed by atoms with E-state index in [1.54, 1.807) is 12.4 Å². The first-order chi connectivity index (χ1) is 15.0. The summed E-state index contributed by atoms with van der Waals surface area (Å²) in [5, 5.41) is 21.5. The van der Waals surface area contributed by atoms with Crippen LogP contribution in [0.1, 0.15) is 95.7 Å². The van der Waals surface area contributed by atoms with Crippen LogP contribution >= 0.6 is 0 Å². The van der Waals surface area contributed by atoms with Crippen molar-refractivity contribution in [3.05, 3.63) is 57.6 Å². The minimum Gasteiger partial charge on any atom is -0.507 e. The summed E-state index contributed by atoms with van der Waals surface area (Å²) >= 11 is 0. The second-order valence-corrected chi connectivity index (χ2v) is 12.0. The maximum absolute atomic E-state index is 10.9. The molecule has 0 atom stereocenters. The lowest BCUT2D eigenvalue weighted by Gasteiger charge is -2.26. The molecule has 0 saturated heterocycles. The lowest BCUT2D eigenvalue weighted by Crippen LogP contribution is -2.17. The van der Waals surface area contributed by atoms with Crippen molar-refractivity contribution in [1.29, 1.82) is 0 Å². The summed E-state index contributed by atoms with van der Waals surface area (Å²) in [5.41, 5.74) is 5.26. The number of hydrogen-bond acceptors (Lipinski definition) is 4. The molecule has 0 aliphatic heterocycles. The van der Waals surface area contributed by atoms with E-state index in [0.29, 0.717) is 24.6 Å². The Hall–Kier alpha value is -2.62. The van der Waals surface area contributed by atoms with Gasteiger partial charge in [0.15, 0.2) is 0 Å². The molecule has 0 bridgehead atoms. The van der Waals surface area contributed by atoms with Gasteiger partial charge in [-0.15, -0.1) is 0 Å². The number of nitrogens with zero attached hydrogens (tertiary/aromatic N) is 2. The lowest BCUT2D eigenvalue weighted by molar-refractivity contribution is 0.443. The summed E-state index contributed by atoms with van der Waals surface area (Å²) in [4.78, 5) is 8.99. The lowest BCUT2D eigenvalue weighted by atomic mass is 9.79. The van der Waals surface area contributed by atoms with E-state index < -0.39 is 0 Å². The number of phenols is 2. The van der Waals surface area contributed by atoms with Crippen LogP contribution in [-0.2, 0) is 16.2 Å². The number of hydrogen-bond donors (Lipinski definition) is 2. The molecular weight excluding hydrogens is 408 g/mol. The molecule has 0 radical (unpaired) electrons. The number of aryl methyl sites for hydroxylation is 1. The average Bonchev–Trinajstić information content (AvgIpc) is 2.65. The van der Waals surface area contributed by atoms with Crippen molar-refractivity contribution in [3.63, 3.8) is 0 Å². The van der Waals surface area contributed by atoms with Crippen molar-refractivity contribution < 1.29 is 10.2 Å². The molecular formula is C29H42N2O2. The molecule has 2 rings (SSSR count). The number of phenolic OH excluding ortho intramolecular Hbond substituents is 2. The molecule has 0 aromatic heterocycles. The molecule has 2 aromatic rings. The van der Waals surface area contributed by atoms with Gasteiger partial charge in [-0.05, 0) is 46.4 Å². The van der Waals surface area contributed by atoms with E-state index in [4.69, 9.17) is 0 Å². The molecule has 0 fully saturated rings. The van der Waals surface area contributed by atoms with Gasteiger partial charge in [-0.2, -0.15) is 0 Å². The second-order valence-electron chi connectivity index (χ2n) is 12.0. The van der Waals surface area contributed by atoms with Gasteiger partial charge >= 0.3 is 0 Å². The summed E-state index contributed by atoms with van der Waals surface area (Å²) in [5.74, 6) is 0.584. The van der Waals surface area contributed by atoms with Crippen molar-refractivity contribution >= 4 is 12.4 Å². The van der Waals surface area contributed by atoms with Crippen molar-refractivity contribution in [1.82, 2.24) is 0 Å². The largest absolute Gasteiger partial charge is 0.507 e. The van der Waals surface area contributed by atoms with Crippen molar-refractivity contribution in [3.8, 4) is 11.5 Å². The Morgan fingerprint density at radius 2 is 1.06 bits per heavy atom. The Kier molecular flexibility index (Phi) is 7.83. The summed E-state index contributed by atoms with van der Waals surface area (Å²) in [6, 6.07) is 8.11. The van der Waals surface area contributed by atoms with Crippen LogP contribution in [-0.4, -0.2) is 35.7 Å². The predicted octanol–water partition coefficient (Wildman–Crippen LogP) is 6.84. The smallest absolute Gasteiger partial charge is 0.128 e. The minimum absolute atomic E-state index is 0.0255. The van der Waals surface area contributed by atoms with Gasteiger partial charge < -0.3 is 10.2 Å². The van der Waals surface area contributed by atoms with Crippen LogP contribution in [0, 0.1) is 6.92 Å². The van der Waals surface area contributed by atoms with Gasteiger partial charge in [0.2, 0.25) is 0 Å². The van der Waals surface area contributed by atoms with Crippen molar-refractivity contribution in [2.75, 3.05) is 13.1 Å². The first-order valence-electron chi connectivity index (χ1n) is 11.7. The van der Waals surface area contributed by atoms with Gasteiger partial charge in [0.1, 0.15) is 11.5 Å². The average molecular weight is 451 g/mol. The number of aromatic hydroxyl groups is 2. The molecule has 0 spiro atoms. The Balaban J connectivity index is 2.19. The van der Waals surface area contributed by atoms with Crippen molar-refractivity contribution in [2.24, 2.45) is 9.98 Å². The van der Waals surface area contributed by atoms with Crippen LogP contribution in [0.4, 0.5) is 0 Å². The van der Waals surface area contributed by atoms with E-state index in [9.17, 15) is 10.2 Å². The molecule has 0 aliphatic rings. The normalized spacial score (nSPS) is 13.4. The zero-order chi connectivity index (χ0) is 25.2. The third kappa shape index (κ3) is 6.93. The van der Waals surface area contributed by atoms with E-state index in [-0.39, 0.29) is 16.2 Å². The Bertz CT molecular complexity index is 1040. The fraction of sp³-hybridized carbons (Fsp3) is 0.517. The van der Waals surface area contributed by atoms with Crippen LogP contribution in [0.25, 0.3) is 0 Å². The summed E-state index contributed by atoms with van der Waals surface area (Å²) in [7, 11) is 0. The number of benzene rings is 2. The molecule has 33 heavy (non-hydrogen) atoms. The second kappa shape index (κ2) is 9.70. The summed E-state index contributed by atoms with van der Waals surface area (Å²) < 4.78 is 0. The fourth-order valence-electron chi connectivity index (χ4n) is 3.68. The van der Waals surface area contributed by atoms with Crippen molar-refractivity contribution in [2.45, 2.75) is 85.5 Å². The first kappa shape index (κ1) is 26.6. The van der Waals surface area contributed by atoms with E-state index in [0.717, 1.165) is 27.8 Å². The van der Waals surface area contributed by atoms with Crippen LogP contribution in [0.2, 0.25) is 0 Å². The third-order valence-corrected chi connectivity index (χ3v) is 5.72. The van der Waals surface area contributed by atoms with Gasteiger partial charge in [0.25, 0.3) is 0 Å². The number of aliphatic imine (C=N–C) groups is 2. The zero-order valence-electron chi connectivity index (χ0n) is 22.2. The van der Waals surface area contributed by atoms with Gasteiger partial charge in [-0.25, -0.2) is 0 Å². The van der Waals surface area contributed by atoms with E-state index in [1.807, 2.05) is 25.1 Å². The van der Waals surface area contributed by atoms with E-state index in [1.165, 1.54) is 5.56 Å². The van der Waals surface area contributed by atoms with Crippen LogP contribution in [0.15, 0.2) is 34.3 Å². The highest BCUT2D eigenvalue weighted by molar-refractivity contribution is 5.86. The summed E-state index contributed by atoms with van der Waals surface area (Å²) in [6.45, 7) is 22.1. The topological polar surface area (TPSA) is 65.2 Å². The molecule has 180 valence electrons. The molecule has 0 saturated carbocycles. The molecule has 4 nitrogen and oxygen atoms in total. The minimum atomic E-state index is -0.167. The molecule has 2 aromatic carbocycles. The van der Waals surface area contributed by atoms with Gasteiger partial charge in [0.05, 0.1) is 13.1 Å². The molecule has 0 heterocycles. The van der Waals surface area contributed by atoms with E-state index in [2.05, 4.69) is 78.4 Å². The summed E-state index contributed by atoms with van der Waals surface area (Å²) in [6.07, 6.45) is 3.47. The molecule has 4 heteroatoms. The number of rotatable bonds is 5. The van der Waals surface area contributed by atoms with Gasteiger partial charge in [0, 0.05) is 34.7 Å². The Morgan fingerprint density at radius 1 is 0.636 bits per heavy atom. The van der Waals surface area contributed by atoms with Gasteiger partial charge in [-0.3, -0.25) is 9.98 Å². The molecule has 0 amide bonds. The highest BCUT2D eigenvalue weighted by Gasteiger charge is 2.24. The Labute approximate surface area is 200 Å². The monoisotopic (exact) mass is 450 g/mol. The van der Waals surface area contributed by atoms with Gasteiger partial charge in [-0.1, -0.05) is 74.4 Å². The third-order valence-electron chi connectivity index (χ3n) is 5.72. The van der Waals surface area contributed by atoms with Crippen LogP contribution in [0.3, 0.4) is 0 Å².